The summed E-state index contributed by atoms with van der Waals surface area (Å²) in [6, 6.07) is 0.162. The number of rotatable bonds is 8. The van der Waals surface area contributed by atoms with E-state index in [-0.39, 0.29) is 43.0 Å². The first-order valence-corrected chi connectivity index (χ1v) is 11.0. The molecule has 2 aliphatic rings. The number of ether oxygens (including phenoxy) is 4. The molecule has 2 aliphatic heterocycles. The molecular weight excluding hydrogens is 341 g/mol. The molecule has 2 heterocycles. The molecule has 23 heavy (non-hydrogen) atoms. The summed E-state index contributed by atoms with van der Waals surface area (Å²) in [5, 5.41) is 0. The van der Waals surface area contributed by atoms with Crippen LogP contribution in [0.15, 0.2) is 0 Å². The van der Waals surface area contributed by atoms with Crippen molar-refractivity contribution in [3.63, 3.8) is 0 Å². The van der Waals surface area contributed by atoms with Crippen LogP contribution in [0.5, 0.6) is 0 Å². The fourth-order valence-corrected chi connectivity index (χ4v) is 4.81. The summed E-state index contributed by atoms with van der Waals surface area (Å²) in [6.45, 7) is 0.593. The molecule has 0 spiro atoms. The van der Waals surface area contributed by atoms with Gasteiger partial charge in [-0.15, -0.1) is 0 Å². The van der Waals surface area contributed by atoms with Crippen LogP contribution in [0.2, 0.25) is 0 Å². The molecule has 0 aromatic rings. The number of hydrogen-bond donors (Lipinski definition) is 2. The van der Waals surface area contributed by atoms with E-state index < -0.39 is 7.15 Å². The minimum absolute atomic E-state index is 0.0424. The van der Waals surface area contributed by atoms with Gasteiger partial charge in [0.15, 0.2) is 0 Å². The van der Waals surface area contributed by atoms with Crippen molar-refractivity contribution >= 4 is 35.1 Å². The topological polar surface area (TPSA) is 75.6 Å². The predicted octanol–water partition coefficient (Wildman–Crippen LogP) is -1.12. The first-order chi connectivity index (χ1) is 10.8. The predicted molar refractivity (Wildman–Crippen MR) is 96.7 cm³/mol. The zero-order valence-corrected chi connectivity index (χ0v) is 16.0. The van der Waals surface area contributed by atoms with Crippen LogP contribution in [0.25, 0.3) is 0 Å². The first kappa shape index (κ1) is 19.9. The van der Waals surface area contributed by atoms with E-state index in [1.165, 1.54) is 0 Å². The van der Waals surface area contributed by atoms with Crippen LogP contribution >= 0.6 is 19.4 Å². The normalized spacial score (nSPS) is 39.0. The summed E-state index contributed by atoms with van der Waals surface area (Å²) in [5.41, 5.74) is 0. The second-order valence-electron chi connectivity index (χ2n) is 6.19. The standard InChI is InChI=1S/C12H27B2O7PS/c1-16-5-9-8(4-12(14)19-9)21-22(15,23)18-6-10-7(17-2)3-11(13)20-10/h7-12,15,22-23H,3-6,13-14H2,1-2H3. The molecule has 134 valence electrons. The van der Waals surface area contributed by atoms with E-state index in [1.807, 2.05) is 15.7 Å². The Balaban J connectivity index is 1.84. The maximum atomic E-state index is 10.4. The van der Waals surface area contributed by atoms with Gasteiger partial charge in [-0.2, -0.15) is 0 Å². The van der Waals surface area contributed by atoms with Gasteiger partial charge < -0.3 is 0 Å². The van der Waals surface area contributed by atoms with Gasteiger partial charge >= 0.3 is 145 Å². The average molecular weight is 368 g/mol. The van der Waals surface area contributed by atoms with E-state index in [1.54, 1.807) is 14.2 Å². The van der Waals surface area contributed by atoms with Crippen LogP contribution in [0.1, 0.15) is 12.8 Å². The van der Waals surface area contributed by atoms with Crippen molar-refractivity contribution in [2.75, 3.05) is 27.4 Å². The molecule has 1 N–H and O–H groups in total. The minimum atomic E-state index is -3.58. The molecule has 2 saturated heterocycles. The van der Waals surface area contributed by atoms with Gasteiger partial charge in [-0.05, 0) is 0 Å². The van der Waals surface area contributed by atoms with Crippen molar-refractivity contribution in [2.24, 2.45) is 0 Å². The summed E-state index contributed by atoms with van der Waals surface area (Å²) in [4.78, 5) is 10.4. The van der Waals surface area contributed by atoms with Crippen LogP contribution in [0, 0.1) is 0 Å². The van der Waals surface area contributed by atoms with E-state index >= 15 is 0 Å². The fraction of sp³-hybridized carbons (Fsp3) is 1.00. The molecular formula is C12H27B2O7PS. The molecule has 6 atom stereocenters. The van der Waals surface area contributed by atoms with Crippen LogP contribution in [0.4, 0.5) is 0 Å². The van der Waals surface area contributed by atoms with E-state index in [9.17, 15) is 4.89 Å². The van der Waals surface area contributed by atoms with Crippen molar-refractivity contribution in [1.82, 2.24) is 0 Å². The Morgan fingerprint density at radius 3 is 2.22 bits per heavy atom. The summed E-state index contributed by atoms with van der Waals surface area (Å²) in [7, 11) is 3.62. The molecule has 6 unspecified atom stereocenters. The summed E-state index contributed by atoms with van der Waals surface area (Å²) in [6.07, 6.45) is 0.699. The Morgan fingerprint density at radius 1 is 1.09 bits per heavy atom. The SMILES string of the molecule is BC1CC(OC)C(CO[PH](O)(S)OC2CC(B)OC2COC)O1. The van der Waals surface area contributed by atoms with Gasteiger partial charge in [0, 0.05) is 0 Å². The van der Waals surface area contributed by atoms with Crippen molar-refractivity contribution in [1.29, 1.82) is 0 Å². The Kier molecular flexibility index (Phi) is 7.66. The van der Waals surface area contributed by atoms with E-state index in [0.717, 1.165) is 6.42 Å². The maximum absolute atomic E-state index is 10.4. The first-order valence-electron chi connectivity index (χ1n) is 7.93. The van der Waals surface area contributed by atoms with Gasteiger partial charge in [0.1, 0.15) is 0 Å². The van der Waals surface area contributed by atoms with Crippen molar-refractivity contribution in [3.05, 3.63) is 0 Å². The average Bonchev–Trinajstić information content (AvgIpc) is 2.99. The molecule has 7 nitrogen and oxygen atoms in total. The second kappa shape index (κ2) is 8.83. The molecule has 11 heteroatoms. The molecule has 0 aromatic carbocycles. The van der Waals surface area contributed by atoms with Gasteiger partial charge in [0.25, 0.3) is 0 Å². The third-order valence-electron chi connectivity index (χ3n) is 4.15. The van der Waals surface area contributed by atoms with Crippen molar-refractivity contribution in [3.8, 4) is 0 Å². The third-order valence-corrected chi connectivity index (χ3v) is 6.00. The van der Waals surface area contributed by atoms with Gasteiger partial charge in [-0.3, -0.25) is 0 Å². The second-order valence-corrected chi connectivity index (χ2v) is 9.50. The summed E-state index contributed by atoms with van der Waals surface area (Å²) < 4.78 is 33.2. The summed E-state index contributed by atoms with van der Waals surface area (Å²) in [5.74, 6) is 0. The fourth-order valence-electron chi connectivity index (χ4n) is 3.09. The zero-order chi connectivity index (χ0) is 17.0. The van der Waals surface area contributed by atoms with Crippen molar-refractivity contribution in [2.45, 2.75) is 49.3 Å². The Labute approximate surface area is 145 Å². The van der Waals surface area contributed by atoms with Gasteiger partial charge in [-0.1, -0.05) is 0 Å². The Hall–Kier alpha value is 0.630. The van der Waals surface area contributed by atoms with Gasteiger partial charge in [0.2, 0.25) is 0 Å². The van der Waals surface area contributed by atoms with Gasteiger partial charge in [0.05, 0.1) is 0 Å². The molecule has 0 aliphatic carbocycles. The molecule has 0 saturated carbocycles. The third kappa shape index (κ3) is 5.83. The van der Waals surface area contributed by atoms with Crippen LogP contribution in [-0.4, -0.2) is 84.4 Å². The van der Waals surface area contributed by atoms with E-state index in [2.05, 4.69) is 12.2 Å². The molecule has 0 radical (unpaired) electrons. The quantitative estimate of drug-likeness (QED) is 0.319. The molecule has 2 fully saturated rings. The van der Waals surface area contributed by atoms with E-state index in [4.69, 9.17) is 28.0 Å². The number of thiol groups is 1. The monoisotopic (exact) mass is 368 g/mol. The zero-order valence-electron chi connectivity index (χ0n) is 14.1. The van der Waals surface area contributed by atoms with Gasteiger partial charge in [-0.25, -0.2) is 0 Å². The van der Waals surface area contributed by atoms with E-state index in [0.29, 0.717) is 13.0 Å². The van der Waals surface area contributed by atoms with Crippen molar-refractivity contribution < 1.29 is 32.9 Å². The van der Waals surface area contributed by atoms with Crippen LogP contribution in [-0.2, 0) is 28.0 Å². The number of methoxy groups -OCH3 is 2. The molecule has 2 rings (SSSR count). The van der Waals surface area contributed by atoms with Crippen LogP contribution < -0.4 is 0 Å². The Bertz CT molecular complexity index is 381. The summed E-state index contributed by atoms with van der Waals surface area (Å²) >= 11 is 4.21. The molecule has 0 amide bonds. The van der Waals surface area contributed by atoms with Crippen LogP contribution in [0.3, 0.4) is 0 Å². The molecule has 0 aromatic heterocycles. The molecule has 0 bridgehead atoms. The Morgan fingerprint density at radius 2 is 1.65 bits per heavy atom. The number of hydrogen-bond acceptors (Lipinski definition) is 8.